The Morgan fingerprint density at radius 2 is 1.82 bits per heavy atom. The van der Waals surface area contributed by atoms with Gasteiger partial charge in [-0.1, -0.05) is 18.2 Å². The minimum Gasteiger partial charge on any atom is -0.480 e. The molecule has 0 radical (unpaired) electrons. The molecule has 2 aliphatic heterocycles. The Morgan fingerprint density at radius 3 is 2.48 bits per heavy atom. The first-order chi connectivity index (χ1) is 19.0. The van der Waals surface area contributed by atoms with Crippen LogP contribution in [-0.4, -0.2) is 51.9 Å². The van der Waals surface area contributed by atoms with Crippen molar-refractivity contribution in [1.29, 1.82) is 0 Å². The first kappa shape index (κ1) is 27.7. The predicted molar refractivity (Wildman–Crippen MR) is 137 cm³/mol. The number of aromatic nitrogens is 3. The summed E-state index contributed by atoms with van der Waals surface area (Å²) in [5.41, 5.74) is -0.0620. The van der Waals surface area contributed by atoms with Gasteiger partial charge in [-0.3, -0.25) is 9.58 Å². The largest absolute Gasteiger partial charge is 0.480 e. The molecule has 8 nitrogen and oxygen atoms in total. The minimum atomic E-state index is -4.58. The molecule has 2 amide bonds. The Hall–Kier alpha value is -3.90. The maximum absolute atomic E-state index is 13.9. The molecule has 0 aliphatic carbocycles. The average Bonchev–Trinajstić information content (AvgIpc) is 3.32. The molecule has 40 heavy (non-hydrogen) atoms. The van der Waals surface area contributed by atoms with E-state index in [9.17, 15) is 26.7 Å². The molecule has 1 atom stereocenters. The lowest BCUT2D eigenvalue weighted by molar-refractivity contribution is -0.138. The normalized spacial score (nSPS) is 18.5. The second-order valence-corrected chi connectivity index (χ2v) is 9.97. The van der Waals surface area contributed by atoms with Gasteiger partial charge in [0.1, 0.15) is 5.69 Å². The number of anilines is 2. The summed E-state index contributed by atoms with van der Waals surface area (Å²) in [7, 11) is 3.07. The summed E-state index contributed by atoms with van der Waals surface area (Å²) in [5, 5.41) is 4.41. The van der Waals surface area contributed by atoms with Crippen LogP contribution in [0.5, 0.6) is 5.88 Å². The number of piperidine rings is 1. The summed E-state index contributed by atoms with van der Waals surface area (Å²) < 4.78 is 75.6. The van der Waals surface area contributed by atoms with E-state index in [2.05, 4.69) is 10.1 Å². The maximum atomic E-state index is 13.9. The minimum absolute atomic E-state index is 0.0347. The van der Waals surface area contributed by atoms with Crippen LogP contribution < -0.4 is 14.5 Å². The van der Waals surface area contributed by atoms with Crippen LogP contribution in [0.1, 0.15) is 54.5 Å². The highest BCUT2D eigenvalue weighted by molar-refractivity contribution is 5.94. The van der Waals surface area contributed by atoms with Crippen LogP contribution in [0.2, 0.25) is 0 Å². The number of nitrogens with zero attached hydrogens (tertiary/aromatic N) is 6. The number of hydrogen-bond acceptors (Lipinski definition) is 5. The van der Waals surface area contributed by atoms with E-state index in [1.54, 1.807) is 27.7 Å². The van der Waals surface area contributed by atoms with Crippen molar-refractivity contribution in [2.75, 3.05) is 30.0 Å². The second kappa shape index (κ2) is 10.6. The molecule has 2 aliphatic rings. The number of amides is 2. The third-order valence-corrected chi connectivity index (χ3v) is 7.59. The zero-order chi connectivity index (χ0) is 28.8. The third-order valence-electron chi connectivity index (χ3n) is 7.59. The fraction of sp³-hybridized carbons (Fsp3) is 0.444. The molecule has 0 bridgehead atoms. The highest BCUT2D eigenvalue weighted by Gasteiger charge is 2.43. The molecule has 3 aromatic rings. The van der Waals surface area contributed by atoms with Gasteiger partial charge < -0.3 is 14.5 Å². The third kappa shape index (κ3) is 4.92. The lowest BCUT2D eigenvalue weighted by Crippen LogP contribution is -2.55. The standard InChI is InChI=1S/C27H29F5N6O2/c1-16-20-15-35(2)34-24(20)37(14-17-6-4-5-7-21(17)27(30,31)32)26(39)38(16)18-9-12-36(13-10-18)22-19(23(28)29)8-11-33-25(22)40-3/h4-8,11,15-16,18,23H,9-10,12-14H2,1-3H3/t16-/m0/s1. The van der Waals surface area contributed by atoms with E-state index in [1.807, 2.05) is 6.92 Å². The van der Waals surface area contributed by atoms with E-state index < -0.39 is 24.2 Å². The van der Waals surface area contributed by atoms with Gasteiger partial charge in [0.25, 0.3) is 6.43 Å². The lowest BCUT2D eigenvalue weighted by atomic mass is 9.97. The van der Waals surface area contributed by atoms with Crippen molar-refractivity contribution in [3.05, 3.63) is 65.0 Å². The summed E-state index contributed by atoms with van der Waals surface area (Å²) in [6.07, 6.45) is -3.33. The molecule has 0 N–H and O–H groups in total. The van der Waals surface area contributed by atoms with Crippen molar-refractivity contribution in [2.24, 2.45) is 7.05 Å². The summed E-state index contributed by atoms with van der Waals surface area (Å²) in [4.78, 5) is 22.8. The SMILES string of the molecule is COc1nccc(C(F)F)c1N1CCC(N2C(=O)N(Cc3ccccc3C(F)(F)F)c3nn(C)cc3[C@@H]2C)CC1. The number of carbonyl (C=O) groups is 1. The number of hydrogen-bond donors (Lipinski definition) is 0. The number of ether oxygens (including phenoxy) is 1. The Labute approximate surface area is 227 Å². The molecule has 214 valence electrons. The van der Waals surface area contributed by atoms with E-state index in [0.29, 0.717) is 31.7 Å². The van der Waals surface area contributed by atoms with Gasteiger partial charge in [-0.2, -0.15) is 18.3 Å². The van der Waals surface area contributed by atoms with Gasteiger partial charge in [-0.25, -0.2) is 18.6 Å². The summed E-state index contributed by atoms with van der Waals surface area (Å²) >= 11 is 0. The number of pyridine rings is 1. The van der Waals surface area contributed by atoms with E-state index in [-0.39, 0.29) is 41.3 Å². The van der Waals surface area contributed by atoms with Crippen LogP contribution in [0.3, 0.4) is 0 Å². The van der Waals surface area contributed by atoms with Crippen LogP contribution in [0.25, 0.3) is 0 Å². The zero-order valence-electron chi connectivity index (χ0n) is 22.2. The Balaban J connectivity index is 1.43. The number of carbonyl (C=O) groups excluding carboxylic acids is 1. The summed E-state index contributed by atoms with van der Waals surface area (Å²) in [6.45, 7) is 2.29. The highest BCUT2D eigenvalue weighted by Crippen LogP contribution is 2.42. The lowest BCUT2D eigenvalue weighted by Gasteiger charge is -2.46. The monoisotopic (exact) mass is 564 g/mol. The van der Waals surface area contributed by atoms with Crippen LogP contribution in [0.4, 0.5) is 38.3 Å². The van der Waals surface area contributed by atoms with Gasteiger partial charge >= 0.3 is 12.2 Å². The van der Waals surface area contributed by atoms with E-state index >= 15 is 0 Å². The van der Waals surface area contributed by atoms with Crippen molar-refractivity contribution in [1.82, 2.24) is 19.7 Å². The van der Waals surface area contributed by atoms with E-state index in [4.69, 9.17) is 4.74 Å². The van der Waals surface area contributed by atoms with E-state index in [0.717, 1.165) is 11.6 Å². The van der Waals surface area contributed by atoms with Crippen molar-refractivity contribution in [3.8, 4) is 5.88 Å². The quantitative estimate of drug-likeness (QED) is 0.346. The van der Waals surface area contributed by atoms with Gasteiger partial charge in [0.2, 0.25) is 5.88 Å². The number of fused-ring (bicyclic) bond motifs is 1. The topological polar surface area (TPSA) is 66.7 Å². The molecular formula is C27H29F5N6O2. The summed E-state index contributed by atoms with van der Waals surface area (Å²) in [5.74, 6) is 0.431. The number of methoxy groups -OCH3 is 1. The van der Waals surface area contributed by atoms with Crippen LogP contribution in [-0.2, 0) is 19.8 Å². The molecule has 0 unspecified atom stereocenters. The molecule has 4 heterocycles. The number of urea groups is 1. The van der Waals surface area contributed by atoms with Crippen LogP contribution >= 0.6 is 0 Å². The van der Waals surface area contributed by atoms with Crippen molar-refractivity contribution >= 4 is 17.5 Å². The Kier molecular flexibility index (Phi) is 7.32. The average molecular weight is 565 g/mol. The smallest absolute Gasteiger partial charge is 0.416 e. The van der Waals surface area contributed by atoms with Crippen LogP contribution in [0, 0.1) is 0 Å². The number of halogens is 5. The fourth-order valence-corrected chi connectivity index (χ4v) is 5.72. The van der Waals surface area contributed by atoms with Gasteiger partial charge in [-0.05, 0) is 37.5 Å². The van der Waals surface area contributed by atoms with E-state index in [1.165, 1.54) is 42.5 Å². The molecule has 1 saturated heterocycles. The van der Waals surface area contributed by atoms with Crippen molar-refractivity contribution in [3.63, 3.8) is 0 Å². The maximum Gasteiger partial charge on any atom is 0.416 e. The fourth-order valence-electron chi connectivity index (χ4n) is 5.72. The number of aryl methyl sites for hydroxylation is 1. The van der Waals surface area contributed by atoms with Crippen LogP contribution in [0.15, 0.2) is 42.7 Å². The van der Waals surface area contributed by atoms with Gasteiger partial charge in [-0.15, -0.1) is 0 Å². The van der Waals surface area contributed by atoms with Gasteiger partial charge in [0.15, 0.2) is 5.82 Å². The molecule has 2 aromatic heterocycles. The van der Waals surface area contributed by atoms with Gasteiger partial charge in [0.05, 0.1) is 25.3 Å². The Morgan fingerprint density at radius 1 is 1.12 bits per heavy atom. The molecule has 1 aromatic carbocycles. The first-order valence-electron chi connectivity index (χ1n) is 12.9. The zero-order valence-corrected chi connectivity index (χ0v) is 22.2. The Bertz CT molecular complexity index is 1390. The van der Waals surface area contributed by atoms with Crippen molar-refractivity contribution < 1.29 is 31.5 Å². The predicted octanol–water partition coefficient (Wildman–Crippen LogP) is 5.95. The molecule has 13 heteroatoms. The first-order valence-corrected chi connectivity index (χ1v) is 12.9. The molecule has 5 rings (SSSR count). The number of benzene rings is 1. The molecule has 0 saturated carbocycles. The highest BCUT2D eigenvalue weighted by atomic mass is 19.4. The molecule has 0 spiro atoms. The second-order valence-electron chi connectivity index (χ2n) is 9.97. The molecule has 1 fully saturated rings. The van der Waals surface area contributed by atoms with Crippen molar-refractivity contribution in [2.45, 2.75) is 51.0 Å². The number of alkyl halides is 5. The molecular weight excluding hydrogens is 535 g/mol. The summed E-state index contributed by atoms with van der Waals surface area (Å²) in [6, 6.07) is 5.36. The number of rotatable bonds is 6. The van der Waals surface area contributed by atoms with Gasteiger partial charge in [0, 0.05) is 49.7 Å².